The van der Waals surface area contributed by atoms with Gasteiger partial charge in [-0.15, -0.1) is 0 Å². The van der Waals surface area contributed by atoms with E-state index >= 15 is 0 Å². The van der Waals surface area contributed by atoms with E-state index in [4.69, 9.17) is 9.84 Å². The van der Waals surface area contributed by atoms with E-state index in [1.807, 2.05) is 32.9 Å². The summed E-state index contributed by atoms with van der Waals surface area (Å²) < 4.78 is 35.2. The normalized spacial score (nSPS) is 18.2. The number of aryl methyl sites for hydroxylation is 3. The lowest BCUT2D eigenvalue weighted by atomic mass is 10.1. The number of rotatable bonds is 9. The molecule has 1 saturated heterocycles. The van der Waals surface area contributed by atoms with Crippen LogP contribution in [0, 0.1) is 26.7 Å². The molecule has 1 amide bonds. The smallest absolute Gasteiger partial charge is 0.335 e. The third-order valence-electron chi connectivity index (χ3n) is 6.06. The van der Waals surface area contributed by atoms with Crippen molar-refractivity contribution in [2.75, 3.05) is 13.2 Å². The Labute approximate surface area is 207 Å². The lowest BCUT2D eigenvalue weighted by Crippen LogP contribution is -2.41. The molecule has 0 radical (unpaired) electrons. The third-order valence-corrected chi connectivity index (χ3v) is 7.88. The zero-order chi connectivity index (χ0) is 25.9. The second-order valence-corrected chi connectivity index (χ2v) is 11.4. The molecule has 3 rings (SSSR count). The first-order chi connectivity index (χ1) is 16.4. The lowest BCUT2D eigenvalue weighted by Gasteiger charge is -2.25. The highest BCUT2D eigenvalue weighted by Crippen LogP contribution is 2.26. The Morgan fingerprint density at radius 2 is 1.71 bits per heavy atom. The number of carbonyl (C=O) groups is 2. The SMILES string of the molecule is Cc1cc(C)c(S(=O)(=O)NC2CC(COc3ccc(C(=O)O)cc3)N(C(=O)CC(C)C)C2)c(C)c1. The van der Waals surface area contributed by atoms with Crippen LogP contribution in [0.15, 0.2) is 41.3 Å². The maximum Gasteiger partial charge on any atom is 0.335 e. The van der Waals surface area contributed by atoms with Crippen LogP contribution in [0.3, 0.4) is 0 Å². The molecule has 0 aliphatic carbocycles. The fourth-order valence-electron chi connectivity index (χ4n) is 4.69. The fraction of sp³-hybridized carbons (Fsp3) is 0.462. The average Bonchev–Trinajstić information content (AvgIpc) is 3.13. The van der Waals surface area contributed by atoms with Crippen LogP contribution in [0.5, 0.6) is 5.75 Å². The Balaban J connectivity index is 1.76. The molecule has 35 heavy (non-hydrogen) atoms. The van der Waals surface area contributed by atoms with Crippen LogP contribution in [-0.4, -0.2) is 55.5 Å². The number of aromatic carboxylic acids is 1. The van der Waals surface area contributed by atoms with Gasteiger partial charge in [-0.05, 0) is 68.5 Å². The molecule has 1 heterocycles. The molecular weight excluding hydrogens is 468 g/mol. The maximum absolute atomic E-state index is 13.3. The van der Waals surface area contributed by atoms with Crippen LogP contribution in [0.25, 0.3) is 0 Å². The van der Waals surface area contributed by atoms with E-state index in [1.165, 1.54) is 12.1 Å². The molecule has 0 aromatic heterocycles. The summed E-state index contributed by atoms with van der Waals surface area (Å²) in [6.45, 7) is 9.87. The van der Waals surface area contributed by atoms with Gasteiger partial charge in [-0.2, -0.15) is 0 Å². The maximum atomic E-state index is 13.3. The van der Waals surface area contributed by atoms with Gasteiger partial charge in [-0.25, -0.2) is 17.9 Å². The number of carboxylic acids is 1. The minimum absolute atomic E-state index is 0.0424. The van der Waals surface area contributed by atoms with Crippen molar-refractivity contribution in [3.05, 3.63) is 58.7 Å². The zero-order valence-corrected chi connectivity index (χ0v) is 21.7. The number of hydrogen-bond donors (Lipinski definition) is 2. The van der Waals surface area contributed by atoms with Crippen LogP contribution in [0.4, 0.5) is 0 Å². The van der Waals surface area contributed by atoms with Gasteiger partial charge in [-0.1, -0.05) is 31.5 Å². The highest BCUT2D eigenvalue weighted by atomic mass is 32.2. The van der Waals surface area contributed by atoms with Crippen molar-refractivity contribution < 1.29 is 27.9 Å². The standard InChI is InChI=1S/C26H34N2O6S/c1-16(2)10-24(29)28-14-21(27-35(32,33)25-18(4)11-17(3)12-19(25)5)13-22(28)15-34-23-8-6-20(7-9-23)26(30)31/h6-9,11-12,16,21-22,27H,10,13-15H2,1-5H3,(H,30,31). The van der Waals surface area contributed by atoms with Gasteiger partial charge in [-0.3, -0.25) is 4.79 Å². The van der Waals surface area contributed by atoms with Gasteiger partial charge >= 0.3 is 5.97 Å². The summed E-state index contributed by atoms with van der Waals surface area (Å²) in [5.74, 6) is -0.409. The van der Waals surface area contributed by atoms with Gasteiger partial charge in [0, 0.05) is 19.0 Å². The molecule has 2 aromatic rings. The van der Waals surface area contributed by atoms with E-state index in [9.17, 15) is 18.0 Å². The van der Waals surface area contributed by atoms with Crippen molar-refractivity contribution in [3.8, 4) is 5.75 Å². The summed E-state index contributed by atoms with van der Waals surface area (Å²) in [5.41, 5.74) is 2.53. The molecule has 1 aliphatic rings. The van der Waals surface area contributed by atoms with Crippen molar-refractivity contribution in [1.29, 1.82) is 0 Å². The number of carbonyl (C=O) groups excluding carboxylic acids is 1. The molecule has 9 heteroatoms. The van der Waals surface area contributed by atoms with Crippen molar-refractivity contribution in [2.24, 2.45) is 5.92 Å². The molecule has 0 spiro atoms. The quantitative estimate of drug-likeness (QED) is 0.541. The number of nitrogens with zero attached hydrogens (tertiary/aromatic N) is 1. The number of hydrogen-bond acceptors (Lipinski definition) is 5. The Kier molecular flexibility index (Phi) is 8.22. The Morgan fingerprint density at radius 3 is 2.26 bits per heavy atom. The van der Waals surface area contributed by atoms with E-state index in [1.54, 1.807) is 30.9 Å². The fourth-order valence-corrected chi connectivity index (χ4v) is 6.38. The van der Waals surface area contributed by atoms with Crippen molar-refractivity contribution in [1.82, 2.24) is 9.62 Å². The molecule has 0 saturated carbocycles. The monoisotopic (exact) mass is 502 g/mol. The predicted octanol–water partition coefficient (Wildman–Crippen LogP) is 3.68. The van der Waals surface area contributed by atoms with Crippen LogP contribution < -0.4 is 9.46 Å². The summed E-state index contributed by atoms with van der Waals surface area (Å²) in [6, 6.07) is 8.99. The largest absolute Gasteiger partial charge is 0.491 e. The van der Waals surface area contributed by atoms with E-state index in [0.29, 0.717) is 29.7 Å². The van der Waals surface area contributed by atoms with Crippen LogP contribution in [-0.2, 0) is 14.8 Å². The first kappa shape index (κ1) is 26.7. The number of amides is 1. The summed E-state index contributed by atoms with van der Waals surface area (Å²) in [5, 5.41) is 9.06. The summed E-state index contributed by atoms with van der Waals surface area (Å²) in [6.07, 6.45) is 0.777. The predicted molar refractivity (Wildman–Crippen MR) is 133 cm³/mol. The molecule has 2 atom stereocenters. The van der Waals surface area contributed by atoms with Gasteiger partial charge in [0.1, 0.15) is 12.4 Å². The number of benzene rings is 2. The average molecular weight is 503 g/mol. The molecule has 8 nitrogen and oxygen atoms in total. The topological polar surface area (TPSA) is 113 Å². The lowest BCUT2D eigenvalue weighted by molar-refractivity contribution is -0.133. The summed E-state index contributed by atoms with van der Waals surface area (Å²) >= 11 is 0. The summed E-state index contributed by atoms with van der Waals surface area (Å²) in [4.78, 5) is 26.0. The van der Waals surface area contributed by atoms with Crippen LogP contribution in [0.1, 0.15) is 53.7 Å². The second kappa shape index (κ2) is 10.8. The number of nitrogens with one attached hydrogen (secondary N) is 1. The molecule has 0 bridgehead atoms. The van der Waals surface area contributed by atoms with Gasteiger partial charge in [0.05, 0.1) is 16.5 Å². The minimum Gasteiger partial charge on any atom is -0.491 e. The molecular formula is C26H34N2O6S. The van der Waals surface area contributed by atoms with Gasteiger partial charge in [0.15, 0.2) is 0 Å². The zero-order valence-electron chi connectivity index (χ0n) is 20.9. The van der Waals surface area contributed by atoms with Crippen molar-refractivity contribution in [2.45, 2.75) is 64.4 Å². The van der Waals surface area contributed by atoms with Crippen molar-refractivity contribution in [3.63, 3.8) is 0 Å². The molecule has 1 fully saturated rings. The van der Waals surface area contributed by atoms with E-state index in [0.717, 1.165) is 5.56 Å². The number of carboxylic acid groups (broad SMARTS) is 1. The second-order valence-electron chi connectivity index (χ2n) is 9.72. The molecule has 2 unspecified atom stereocenters. The Bertz CT molecular complexity index is 1170. The minimum atomic E-state index is -3.78. The van der Waals surface area contributed by atoms with Gasteiger partial charge < -0.3 is 14.7 Å². The van der Waals surface area contributed by atoms with E-state index in [2.05, 4.69) is 4.72 Å². The third kappa shape index (κ3) is 6.61. The molecule has 1 aliphatic heterocycles. The van der Waals surface area contributed by atoms with Crippen LogP contribution in [0.2, 0.25) is 0 Å². The Hall–Kier alpha value is -2.91. The van der Waals surface area contributed by atoms with Crippen LogP contribution >= 0.6 is 0 Å². The summed E-state index contributed by atoms with van der Waals surface area (Å²) in [7, 11) is -3.78. The number of sulfonamides is 1. The van der Waals surface area contributed by atoms with E-state index in [-0.39, 0.29) is 41.5 Å². The molecule has 2 aromatic carbocycles. The van der Waals surface area contributed by atoms with Gasteiger partial charge in [0.25, 0.3) is 0 Å². The van der Waals surface area contributed by atoms with Gasteiger partial charge in [0.2, 0.25) is 15.9 Å². The number of likely N-dealkylation sites (tertiary alicyclic amines) is 1. The molecule has 2 N–H and O–H groups in total. The number of ether oxygens (including phenoxy) is 1. The first-order valence-electron chi connectivity index (χ1n) is 11.7. The highest BCUT2D eigenvalue weighted by Gasteiger charge is 2.38. The first-order valence-corrected chi connectivity index (χ1v) is 13.2. The van der Waals surface area contributed by atoms with E-state index < -0.39 is 22.0 Å². The van der Waals surface area contributed by atoms with Crippen molar-refractivity contribution >= 4 is 21.9 Å². The highest BCUT2D eigenvalue weighted by molar-refractivity contribution is 7.89. The Morgan fingerprint density at radius 1 is 1.11 bits per heavy atom. The molecule has 190 valence electrons.